The van der Waals surface area contributed by atoms with Gasteiger partial charge in [0.2, 0.25) is 0 Å². The first-order chi connectivity index (χ1) is 9.20. The Kier molecular flexibility index (Phi) is 4.57. The number of hydrogen-bond acceptors (Lipinski definition) is 5. The Balaban J connectivity index is 2.24. The smallest absolute Gasteiger partial charge is 0.273 e. The molecule has 0 atom stereocenters. The zero-order chi connectivity index (χ0) is 13.7. The summed E-state index contributed by atoms with van der Waals surface area (Å²) < 4.78 is 5.30. The van der Waals surface area contributed by atoms with Gasteiger partial charge in [0.1, 0.15) is 0 Å². The number of rotatable bonds is 5. The molecule has 0 aliphatic carbocycles. The number of hydrogen-bond donors (Lipinski definition) is 1. The highest BCUT2D eigenvalue weighted by molar-refractivity contribution is 5.64. The van der Waals surface area contributed by atoms with Crippen molar-refractivity contribution in [2.75, 3.05) is 43.1 Å². The highest BCUT2D eigenvalue weighted by Gasteiger charge is 2.16. The van der Waals surface area contributed by atoms with E-state index in [4.69, 9.17) is 4.74 Å². The van der Waals surface area contributed by atoms with Crippen LogP contribution < -0.4 is 10.2 Å². The molecule has 2 rings (SSSR count). The highest BCUT2D eigenvalue weighted by atomic mass is 16.6. The molecule has 1 fully saturated rings. The van der Waals surface area contributed by atoms with Crippen LogP contribution in [0.25, 0.3) is 0 Å². The van der Waals surface area contributed by atoms with Gasteiger partial charge in [-0.05, 0) is 12.5 Å². The molecule has 0 amide bonds. The molecule has 1 saturated heterocycles. The summed E-state index contributed by atoms with van der Waals surface area (Å²) in [7, 11) is 0. The Labute approximate surface area is 112 Å². The maximum Gasteiger partial charge on any atom is 0.273 e. The van der Waals surface area contributed by atoms with Crippen LogP contribution in [0, 0.1) is 10.1 Å². The van der Waals surface area contributed by atoms with E-state index >= 15 is 0 Å². The van der Waals surface area contributed by atoms with Crippen LogP contribution in [-0.4, -0.2) is 37.8 Å². The summed E-state index contributed by atoms with van der Waals surface area (Å²) >= 11 is 0. The largest absolute Gasteiger partial charge is 0.385 e. The molecule has 1 aromatic carbocycles. The topological polar surface area (TPSA) is 67.6 Å². The normalized spacial score (nSPS) is 15.3. The molecule has 19 heavy (non-hydrogen) atoms. The van der Waals surface area contributed by atoms with E-state index in [0.717, 1.165) is 37.4 Å². The van der Waals surface area contributed by atoms with Crippen molar-refractivity contribution < 1.29 is 9.66 Å². The van der Waals surface area contributed by atoms with Gasteiger partial charge in [0.15, 0.2) is 0 Å². The SMILES string of the molecule is CCCNc1cc(N2CCOCC2)cc([N+](=O)[O-])c1. The van der Waals surface area contributed by atoms with Gasteiger partial charge < -0.3 is 15.0 Å². The number of ether oxygens (including phenoxy) is 1. The van der Waals surface area contributed by atoms with Crippen molar-refractivity contribution in [2.24, 2.45) is 0 Å². The lowest BCUT2D eigenvalue weighted by molar-refractivity contribution is -0.384. The minimum Gasteiger partial charge on any atom is -0.385 e. The third-order valence-corrected chi connectivity index (χ3v) is 3.07. The van der Waals surface area contributed by atoms with E-state index in [0.29, 0.717) is 13.2 Å². The fourth-order valence-electron chi connectivity index (χ4n) is 2.08. The van der Waals surface area contributed by atoms with E-state index in [1.54, 1.807) is 12.1 Å². The Morgan fingerprint density at radius 3 is 2.74 bits per heavy atom. The summed E-state index contributed by atoms with van der Waals surface area (Å²) in [5.74, 6) is 0. The second-order valence-corrected chi connectivity index (χ2v) is 4.52. The van der Waals surface area contributed by atoms with E-state index in [1.807, 2.05) is 6.07 Å². The van der Waals surface area contributed by atoms with Crippen molar-refractivity contribution in [1.29, 1.82) is 0 Å². The summed E-state index contributed by atoms with van der Waals surface area (Å²) in [6.45, 7) is 5.75. The Hall–Kier alpha value is -1.82. The van der Waals surface area contributed by atoms with Gasteiger partial charge in [0, 0.05) is 43.1 Å². The van der Waals surface area contributed by atoms with Crippen molar-refractivity contribution in [3.8, 4) is 0 Å². The number of nitrogens with zero attached hydrogens (tertiary/aromatic N) is 2. The second-order valence-electron chi connectivity index (χ2n) is 4.52. The molecule has 1 heterocycles. The second kappa shape index (κ2) is 6.38. The first-order valence-electron chi connectivity index (χ1n) is 6.56. The molecule has 0 unspecified atom stereocenters. The van der Waals surface area contributed by atoms with E-state index in [2.05, 4.69) is 17.1 Å². The van der Waals surface area contributed by atoms with Crippen molar-refractivity contribution >= 4 is 17.1 Å². The van der Waals surface area contributed by atoms with Crippen molar-refractivity contribution in [2.45, 2.75) is 13.3 Å². The summed E-state index contributed by atoms with van der Waals surface area (Å²) in [6, 6.07) is 5.18. The molecule has 0 bridgehead atoms. The summed E-state index contributed by atoms with van der Waals surface area (Å²) in [4.78, 5) is 12.8. The lowest BCUT2D eigenvalue weighted by atomic mass is 10.2. The van der Waals surface area contributed by atoms with Crippen LogP contribution in [0.5, 0.6) is 0 Å². The van der Waals surface area contributed by atoms with Crippen molar-refractivity contribution in [1.82, 2.24) is 0 Å². The fourth-order valence-corrected chi connectivity index (χ4v) is 2.08. The molecule has 0 saturated carbocycles. The minimum atomic E-state index is -0.346. The number of anilines is 2. The van der Waals surface area contributed by atoms with Crippen molar-refractivity contribution in [3.05, 3.63) is 28.3 Å². The zero-order valence-corrected chi connectivity index (χ0v) is 11.1. The molecule has 0 radical (unpaired) electrons. The molecule has 6 heteroatoms. The molecular formula is C13H19N3O3. The van der Waals surface area contributed by atoms with E-state index < -0.39 is 0 Å². The van der Waals surface area contributed by atoms with Crippen molar-refractivity contribution in [3.63, 3.8) is 0 Å². The molecule has 104 valence electrons. The van der Waals surface area contributed by atoms with Gasteiger partial charge in [-0.1, -0.05) is 6.92 Å². The van der Waals surface area contributed by atoms with Crippen LogP contribution in [0.4, 0.5) is 17.1 Å². The number of nitro groups is 1. The fraction of sp³-hybridized carbons (Fsp3) is 0.538. The lowest BCUT2D eigenvalue weighted by Gasteiger charge is -2.29. The maximum absolute atomic E-state index is 11.0. The number of nitrogens with one attached hydrogen (secondary N) is 1. The standard InChI is InChI=1S/C13H19N3O3/c1-2-3-14-11-8-12(10-13(9-11)16(17)18)15-4-6-19-7-5-15/h8-10,14H,2-7H2,1H3. The number of non-ortho nitro benzene ring substituents is 1. The number of nitro benzene ring substituents is 1. The van der Waals surface area contributed by atoms with E-state index in [1.165, 1.54) is 0 Å². The van der Waals surface area contributed by atoms with Gasteiger partial charge in [0.25, 0.3) is 5.69 Å². The summed E-state index contributed by atoms with van der Waals surface area (Å²) in [6.07, 6.45) is 0.982. The Morgan fingerprint density at radius 2 is 2.11 bits per heavy atom. The first kappa shape index (κ1) is 13.6. The molecule has 1 N–H and O–H groups in total. The first-order valence-corrected chi connectivity index (χ1v) is 6.56. The van der Waals surface area contributed by atoms with Crippen LogP contribution in [0.15, 0.2) is 18.2 Å². The molecular weight excluding hydrogens is 246 g/mol. The molecule has 1 aromatic rings. The van der Waals surface area contributed by atoms with Gasteiger partial charge >= 0.3 is 0 Å². The average Bonchev–Trinajstić information content (AvgIpc) is 2.45. The van der Waals surface area contributed by atoms with Gasteiger partial charge in [0.05, 0.1) is 18.1 Å². The maximum atomic E-state index is 11.0. The predicted octanol–water partition coefficient (Wildman–Crippen LogP) is 2.25. The monoisotopic (exact) mass is 265 g/mol. The lowest BCUT2D eigenvalue weighted by Crippen LogP contribution is -2.36. The quantitative estimate of drug-likeness (QED) is 0.653. The summed E-state index contributed by atoms with van der Waals surface area (Å²) in [5.41, 5.74) is 1.82. The average molecular weight is 265 g/mol. The van der Waals surface area contributed by atoms with E-state index in [9.17, 15) is 10.1 Å². The van der Waals surface area contributed by atoms with Gasteiger partial charge in [-0.3, -0.25) is 10.1 Å². The molecule has 1 aliphatic rings. The Bertz CT molecular complexity index is 445. The highest BCUT2D eigenvalue weighted by Crippen LogP contribution is 2.27. The van der Waals surface area contributed by atoms with Gasteiger partial charge in [-0.2, -0.15) is 0 Å². The molecule has 1 aliphatic heterocycles. The minimum absolute atomic E-state index is 0.127. The third-order valence-electron chi connectivity index (χ3n) is 3.07. The third kappa shape index (κ3) is 3.57. The van der Waals surface area contributed by atoms with Crippen LogP contribution >= 0.6 is 0 Å². The zero-order valence-electron chi connectivity index (χ0n) is 11.1. The van der Waals surface area contributed by atoms with Crippen LogP contribution in [0.2, 0.25) is 0 Å². The number of benzene rings is 1. The van der Waals surface area contributed by atoms with Crippen LogP contribution in [-0.2, 0) is 4.74 Å². The molecule has 0 spiro atoms. The van der Waals surface area contributed by atoms with Crippen LogP contribution in [0.3, 0.4) is 0 Å². The molecule has 6 nitrogen and oxygen atoms in total. The Morgan fingerprint density at radius 1 is 1.37 bits per heavy atom. The van der Waals surface area contributed by atoms with E-state index in [-0.39, 0.29) is 10.6 Å². The number of morpholine rings is 1. The molecule has 0 aromatic heterocycles. The predicted molar refractivity (Wildman–Crippen MR) is 74.9 cm³/mol. The van der Waals surface area contributed by atoms with Gasteiger partial charge in [-0.15, -0.1) is 0 Å². The van der Waals surface area contributed by atoms with Crippen LogP contribution in [0.1, 0.15) is 13.3 Å². The van der Waals surface area contributed by atoms with Gasteiger partial charge in [-0.25, -0.2) is 0 Å². The summed E-state index contributed by atoms with van der Waals surface area (Å²) in [5, 5.41) is 14.2.